The van der Waals surface area contributed by atoms with E-state index >= 15 is 0 Å². The molecule has 1 fully saturated rings. The molecule has 2 heterocycles. The van der Waals surface area contributed by atoms with Gasteiger partial charge in [-0.2, -0.15) is 0 Å². The van der Waals surface area contributed by atoms with Crippen molar-refractivity contribution < 1.29 is 9.59 Å². The van der Waals surface area contributed by atoms with Crippen molar-refractivity contribution >= 4 is 23.3 Å². The van der Waals surface area contributed by atoms with Crippen LogP contribution in [0.15, 0.2) is 10.9 Å². The van der Waals surface area contributed by atoms with Crippen LogP contribution in [0.3, 0.4) is 0 Å². The standard InChI is InChI=1S/C7H8N4O2S/c8-2-7(4-1-14-3-9-4)5(12)10-6(13)11-7/h1,3H,2,8H2,(H2,10,11,12,13)/t7-/m1/s1. The van der Waals surface area contributed by atoms with Crippen molar-refractivity contribution in [3.8, 4) is 0 Å². The van der Waals surface area contributed by atoms with Crippen molar-refractivity contribution in [1.82, 2.24) is 15.6 Å². The zero-order valence-electron chi connectivity index (χ0n) is 7.11. The van der Waals surface area contributed by atoms with Gasteiger partial charge in [0.15, 0.2) is 5.54 Å². The van der Waals surface area contributed by atoms with Gasteiger partial charge < -0.3 is 11.1 Å². The number of hydrogen-bond acceptors (Lipinski definition) is 5. The normalized spacial score (nSPS) is 26.1. The van der Waals surface area contributed by atoms with E-state index in [1.165, 1.54) is 11.3 Å². The summed E-state index contributed by atoms with van der Waals surface area (Å²) in [7, 11) is 0. The molecule has 14 heavy (non-hydrogen) atoms. The quantitative estimate of drug-likeness (QED) is 0.555. The van der Waals surface area contributed by atoms with E-state index in [1.807, 2.05) is 0 Å². The molecule has 0 unspecified atom stereocenters. The Hall–Kier alpha value is -1.47. The van der Waals surface area contributed by atoms with Crippen LogP contribution in [0, 0.1) is 0 Å². The number of rotatable bonds is 2. The molecule has 0 radical (unpaired) electrons. The predicted octanol–water partition coefficient (Wildman–Crippen LogP) is -0.864. The fourth-order valence-electron chi connectivity index (χ4n) is 1.34. The third kappa shape index (κ3) is 1.10. The van der Waals surface area contributed by atoms with Gasteiger partial charge in [0.05, 0.1) is 11.2 Å². The predicted molar refractivity (Wildman–Crippen MR) is 49.5 cm³/mol. The summed E-state index contributed by atoms with van der Waals surface area (Å²) < 4.78 is 0. The average Bonchev–Trinajstić information content (AvgIpc) is 2.73. The molecule has 1 atom stereocenters. The Morgan fingerprint density at radius 2 is 2.36 bits per heavy atom. The number of nitrogens with two attached hydrogens (primary N) is 1. The Balaban J connectivity index is 2.45. The van der Waals surface area contributed by atoms with Crippen LogP contribution in [0.2, 0.25) is 0 Å². The van der Waals surface area contributed by atoms with Crippen LogP contribution in [0.4, 0.5) is 4.79 Å². The molecule has 4 N–H and O–H groups in total. The average molecular weight is 212 g/mol. The van der Waals surface area contributed by atoms with Gasteiger partial charge in [0.2, 0.25) is 0 Å². The molecule has 1 aliphatic heterocycles. The highest BCUT2D eigenvalue weighted by molar-refractivity contribution is 7.07. The highest BCUT2D eigenvalue weighted by Crippen LogP contribution is 2.23. The summed E-state index contributed by atoms with van der Waals surface area (Å²) >= 11 is 1.35. The minimum absolute atomic E-state index is 0.00565. The van der Waals surface area contributed by atoms with Gasteiger partial charge in [-0.1, -0.05) is 0 Å². The third-order valence-corrected chi connectivity index (χ3v) is 2.70. The van der Waals surface area contributed by atoms with E-state index in [-0.39, 0.29) is 6.54 Å². The van der Waals surface area contributed by atoms with Crippen molar-refractivity contribution in [3.63, 3.8) is 0 Å². The van der Waals surface area contributed by atoms with Crippen LogP contribution in [0.25, 0.3) is 0 Å². The number of carbonyl (C=O) groups is 2. The Kier molecular flexibility index (Phi) is 1.97. The van der Waals surface area contributed by atoms with Gasteiger partial charge in [-0.25, -0.2) is 9.78 Å². The smallest absolute Gasteiger partial charge is 0.322 e. The summed E-state index contributed by atoms with van der Waals surface area (Å²) in [5.41, 5.74) is 6.39. The second-order valence-electron chi connectivity index (χ2n) is 2.89. The lowest BCUT2D eigenvalue weighted by molar-refractivity contribution is -0.124. The van der Waals surface area contributed by atoms with Crippen molar-refractivity contribution in [1.29, 1.82) is 0 Å². The summed E-state index contributed by atoms with van der Waals surface area (Å²) in [5, 5.41) is 6.32. The molecule has 0 saturated carbocycles. The van der Waals surface area contributed by atoms with Crippen LogP contribution in [-0.4, -0.2) is 23.5 Å². The van der Waals surface area contributed by atoms with E-state index < -0.39 is 17.5 Å². The van der Waals surface area contributed by atoms with Crippen LogP contribution < -0.4 is 16.4 Å². The number of carbonyl (C=O) groups excluding carboxylic acids is 2. The third-order valence-electron chi connectivity index (χ3n) is 2.12. The van der Waals surface area contributed by atoms with E-state index in [4.69, 9.17) is 5.73 Å². The van der Waals surface area contributed by atoms with Gasteiger partial charge in [-0.3, -0.25) is 10.1 Å². The summed E-state index contributed by atoms with van der Waals surface area (Å²) in [4.78, 5) is 26.5. The molecule has 0 aromatic carbocycles. The topological polar surface area (TPSA) is 97.1 Å². The molecule has 1 aromatic heterocycles. The lowest BCUT2D eigenvalue weighted by Gasteiger charge is -2.21. The van der Waals surface area contributed by atoms with Crippen molar-refractivity contribution in [2.45, 2.75) is 5.54 Å². The Morgan fingerprint density at radius 3 is 2.79 bits per heavy atom. The lowest BCUT2D eigenvalue weighted by atomic mass is 9.97. The molecule has 1 aliphatic rings. The molecular weight excluding hydrogens is 204 g/mol. The van der Waals surface area contributed by atoms with Crippen molar-refractivity contribution in [2.75, 3.05) is 6.54 Å². The van der Waals surface area contributed by atoms with E-state index in [1.54, 1.807) is 10.9 Å². The van der Waals surface area contributed by atoms with Crippen LogP contribution >= 0.6 is 11.3 Å². The molecule has 3 amide bonds. The number of nitrogens with one attached hydrogen (secondary N) is 2. The molecule has 7 heteroatoms. The SMILES string of the molecule is NC[C@]1(c2cscn2)NC(=O)NC1=O. The second-order valence-corrected chi connectivity index (χ2v) is 3.61. The summed E-state index contributed by atoms with van der Waals surface area (Å²) in [6, 6.07) is -0.534. The van der Waals surface area contributed by atoms with Gasteiger partial charge in [-0.05, 0) is 0 Å². The van der Waals surface area contributed by atoms with Gasteiger partial charge >= 0.3 is 6.03 Å². The van der Waals surface area contributed by atoms with E-state index in [0.29, 0.717) is 5.69 Å². The lowest BCUT2D eigenvalue weighted by Crippen LogP contribution is -2.50. The number of amides is 3. The maximum Gasteiger partial charge on any atom is 0.322 e. The molecule has 1 saturated heterocycles. The first-order chi connectivity index (χ1) is 6.69. The highest BCUT2D eigenvalue weighted by Gasteiger charge is 2.48. The summed E-state index contributed by atoms with van der Waals surface area (Å²) in [6.07, 6.45) is 0. The first-order valence-electron chi connectivity index (χ1n) is 3.91. The Bertz CT molecular complexity index is 377. The molecule has 1 aromatic rings. The monoisotopic (exact) mass is 212 g/mol. The number of hydrogen-bond donors (Lipinski definition) is 3. The second kappa shape index (κ2) is 3.03. The minimum Gasteiger partial charge on any atom is -0.327 e. The molecule has 0 aliphatic carbocycles. The number of imide groups is 1. The van der Waals surface area contributed by atoms with Gasteiger partial charge in [0.25, 0.3) is 5.91 Å². The molecule has 74 valence electrons. The molecule has 6 nitrogen and oxygen atoms in total. The first-order valence-corrected chi connectivity index (χ1v) is 4.85. The van der Waals surface area contributed by atoms with Gasteiger partial charge in [0.1, 0.15) is 0 Å². The summed E-state index contributed by atoms with van der Waals surface area (Å²) in [6.45, 7) is -0.00565. The van der Waals surface area contributed by atoms with E-state index in [2.05, 4.69) is 15.6 Å². The maximum absolute atomic E-state index is 11.5. The number of nitrogens with zero attached hydrogens (tertiary/aromatic N) is 1. The minimum atomic E-state index is -1.18. The van der Waals surface area contributed by atoms with Crippen LogP contribution in [0.5, 0.6) is 0 Å². The highest BCUT2D eigenvalue weighted by atomic mass is 32.1. The summed E-state index contributed by atoms with van der Waals surface area (Å²) in [5.74, 6) is -0.448. The van der Waals surface area contributed by atoms with E-state index in [0.717, 1.165) is 0 Å². The first kappa shape index (κ1) is 9.10. The zero-order valence-corrected chi connectivity index (χ0v) is 7.93. The molecule has 2 rings (SSSR count). The van der Waals surface area contributed by atoms with Gasteiger partial charge in [0, 0.05) is 11.9 Å². The zero-order chi connectivity index (χ0) is 10.2. The molecule has 0 bridgehead atoms. The molecular formula is C7H8N4O2S. The largest absolute Gasteiger partial charge is 0.327 e. The van der Waals surface area contributed by atoms with Crippen LogP contribution in [-0.2, 0) is 10.3 Å². The van der Waals surface area contributed by atoms with E-state index in [9.17, 15) is 9.59 Å². The maximum atomic E-state index is 11.5. The number of aromatic nitrogens is 1. The Morgan fingerprint density at radius 1 is 1.57 bits per heavy atom. The fourth-order valence-corrected chi connectivity index (χ4v) is 1.97. The fraction of sp³-hybridized carbons (Fsp3) is 0.286. The van der Waals surface area contributed by atoms with Crippen LogP contribution in [0.1, 0.15) is 5.69 Å². The number of thiazole rings is 1. The van der Waals surface area contributed by atoms with Gasteiger partial charge in [-0.15, -0.1) is 11.3 Å². The molecule has 0 spiro atoms. The van der Waals surface area contributed by atoms with Crippen molar-refractivity contribution in [2.24, 2.45) is 5.73 Å². The number of urea groups is 1. The van der Waals surface area contributed by atoms with Crippen molar-refractivity contribution in [3.05, 3.63) is 16.6 Å². The Labute approximate surface area is 83.5 Å².